The van der Waals surface area contributed by atoms with Gasteiger partial charge in [0.1, 0.15) is 23.4 Å². The van der Waals surface area contributed by atoms with E-state index in [2.05, 4.69) is 33.1 Å². The average molecular weight is 448 g/mol. The Labute approximate surface area is 172 Å². The third kappa shape index (κ3) is 7.00. The van der Waals surface area contributed by atoms with Crippen molar-refractivity contribution in [3.05, 3.63) is 58.1 Å². The van der Waals surface area contributed by atoms with Crippen molar-refractivity contribution in [1.29, 1.82) is 16.1 Å². The molecule has 0 atom stereocenters. The minimum atomic E-state index is -0.438. The first-order valence-corrected chi connectivity index (χ1v) is 9.36. The fourth-order valence-electron chi connectivity index (χ4n) is 2.28. The average Bonchev–Trinajstić information content (AvgIpc) is 2.67. The molecule has 0 saturated heterocycles. The van der Waals surface area contributed by atoms with E-state index in [0.717, 1.165) is 0 Å². The van der Waals surface area contributed by atoms with Gasteiger partial charge in [-0.2, -0.15) is 5.26 Å². The van der Waals surface area contributed by atoms with Crippen molar-refractivity contribution < 1.29 is 9.13 Å². The molecule has 28 heavy (non-hydrogen) atoms. The van der Waals surface area contributed by atoms with Crippen LogP contribution in [0.3, 0.4) is 0 Å². The fourth-order valence-corrected chi connectivity index (χ4v) is 2.82. The van der Waals surface area contributed by atoms with Crippen LogP contribution in [0.1, 0.15) is 25.8 Å². The lowest BCUT2D eigenvalue weighted by atomic mass is 10.1. The van der Waals surface area contributed by atoms with E-state index in [1.165, 1.54) is 30.5 Å². The zero-order valence-electron chi connectivity index (χ0n) is 15.8. The summed E-state index contributed by atoms with van der Waals surface area (Å²) in [5.74, 6) is -0.137. The molecule has 1 rings (SSSR count). The quantitative estimate of drug-likeness (QED) is 0.219. The van der Waals surface area contributed by atoms with Crippen LogP contribution in [0.5, 0.6) is 0 Å². The van der Waals surface area contributed by atoms with Gasteiger partial charge >= 0.3 is 0 Å². The minimum Gasteiger partial charge on any atom is -0.494 e. The number of allylic oxidation sites excluding steroid dienone is 2. The molecule has 6 nitrogen and oxygen atoms in total. The number of rotatable bonds is 11. The van der Waals surface area contributed by atoms with Gasteiger partial charge in [0.05, 0.1) is 11.2 Å². The lowest BCUT2D eigenvalue weighted by molar-refractivity contribution is 0.299. The molecule has 0 aliphatic heterocycles. The number of halogens is 2. The second kappa shape index (κ2) is 11.7. The van der Waals surface area contributed by atoms with Crippen LogP contribution in [-0.2, 0) is 4.74 Å². The lowest BCUT2D eigenvalue weighted by Gasteiger charge is -2.17. The van der Waals surface area contributed by atoms with Gasteiger partial charge in [-0.1, -0.05) is 6.58 Å². The van der Waals surface area contributed by atoms with E-state index >= 15 is 0 Å². The molecule has 0 fully saturated rings. The second-order valence-corrected chi connectivity index (χ2v) is 6.35. The van der Waals surface area contributed by atoms with Crippen LogP contribution in [0.4, 0.5) is 10.1 Å². The van der Waals surface area contributed by atoms with E-state index < -0.39 is 5.82 Å². The highest BCUT2D eigenvalue weighted by Gasteiger charge is 2.13. The van der Waals surface area contributed by atoms with Crippen molar-refractivity contribution in [3.63, 3.8) is 0 Å². The van der Waals surface area contributed by atoms with E-state index in [4.69, 9.17) is 20.8 Å². The van der Waals surface area contributed by atoms with Gasteiger partial charge in [0.25, 0.3) is 0 Å². The van der Waals surface area contributed by atoms with Crippen LogP contribution in [0.2, 0.25) is 0 Å². The molecule has 0 radical (unpaired) electrons. The summed E-state index contributed by atoms with van der Waals surface area (Å²) >= 11 is 3.39. The molecule has 0 heterocycles. The van der Waals surface area contributed by atoms with Crippen molar-refractivity contribution in [2.45, 2.75) is 20.3 Å². The summed E-state index contributed by atoms with van der Waals surface area (Å²) < 4.78 is 19.8. The third-order valence-corrected chi connectivity index (χ3v) is 4.29. The molecule has 0 unspecified atom stereocenters. The summed E-state index contributed by atoms with van der Waals surface area (Å²) in [7, 11) is 0. The van der Waals surface area contributed by atoms with Crippen LogP contribution in [-0.4, -0.2) is 25.1 Å². The maximum atomic E-state index is 13.7. The Morgan fingerprint density at radius 1 is 1.43 bits per heavy atom. The second-order valence-electron chi connectivity index (χ2n) is 5.56. The first kappa shape index (κ1) is 23.1. The molecule has 0 saturated carbocycles. The Hall–Kier alpha value is -2.92. The molecule has 0 bridgehead atoms. The van der Waals surface area contributed by atoms with E-state index in [1.54, 1.807) is 13.0 Å². The topological polar surface area (TPSA) is 105 Å². The number of nitrogens with zero attached hydrogens (tertiary/aromatic N) is 1. The number of nitrogens with one attached hydrogen (secondary N) is 4. The van der Waals surface area contributed by atoms with E-state index in [0.29, 0.717) is 46.0 Å². The van der Waals surface area contributed by atoms with Crippen LogP contribution in [0, 0.1) is 28.0 Å². The SMILES string of the molecule is C=C(OCC)c1cc(F)ccc1N/C(=C\C(=N)C#N)C/C(C=N)=C(\Br)NCC. The van der Waals surface area contributed by atoms with E-state index in [9.17, 15) is 4.39 Å². The van der Waals surface area contributed by atoms with Gasteiger partial charge in [0, 0.05) is 41.7 Å². The summed E-state index contributed by atoms with van der Waals surface area (Å²) in [5.41, 5.74) is 1.79. The number of ether oxygens (including phenoxy) is 1. The Kier molecular flexibility index (Phi) is 9.68. The van der Waals surface area contributed by atoms with Crippen molar-refractivity contribution >= 4 is 39.3 Å². The number of nitriles is 1. The van der Waals surface area contributed by atoms with Crippen molar-refractivity contribution in [2.75, 3.05) is 18.5 Å². The van der Waals surface area contributed by atoms with E-state index in [1.807, 2.05) is 6.92 Å². The molecule has 0 amide bonds. The summed E-state index contributed by atoms with van der Waals surface area (Å²) in [4.78, 5) is 0. The Morgan fingerprint density at radius 3 is 2.71 bits per heavy atom. The molecule has 148 valence electrons. The summed E-state index contributed by atoms with van der Waals surface area (Å²) in [6, 6.07) is 5.88. The van der Waals surface area contributed by atoms with Gasteiger partial charge < -0.3 is 20.8 Å². The zero-order valence-corrected chi connectivity index (χ0v) is 17.4. The minimum absolute atomic E-state index is 0.235. The Bertz CT molecular complexity index is 855. The summed E-state index contributed by atoms with van der Waals surface area (Å²) in [6.45, 7) is 8.59. The highest BCUT2D eigenvalue weighted by Crippen LogP contribution is 2.27. The Balaban J connectivity index is 3.33. The van der Waals surface area contributed by atoms with Gasteiger partial charge in [-0.25, -0.2) is 4.39 Å². The molecular formula is C20H23BrFN5O. The monoisotopic (exact) mass is 447 g/mol. The predicted octanol–water partition coefficient (Wildman–Crippen LogP) is 4.93. The molecular weight excluding hydrogens is 425 g/mol. The summed E-state index contributed by atoms with van der Waals surface area (Å²) in [6.07, 6.45) is 2.79. The van der Waals surface area contributed by atoms with Crippen LogP contribution < -0.4 is 10.6 Å². The van der Waals surface area contributed by atoms with Gasteiger partial charge in [0.15, 0.2) is 0 Å². The molecule has 0 aliphatic carbocycles. The maximum absolute atomic E-state index is 13.7. The third-order valence-electron chi connectivity index (χ3n) is 3.50. The van der Waals surface area contributed by atoms with Crippen molar-refractivity contribution in [3.8, 4) is 6.07 Å². The first-order valence-electron chi connectivity index (χ1n) is 8.57. The highest BCUT2D eigenvalue weighted by atomic mass is 79.9. The largest absolute Gasteiger partial charge is 0.494 e. The number of hydrogen-bond donors (Lipinski definition) is 4. The molecule has 0 spiro atoms. The van der Waals surface area contributed by atoms with Crippen molar-refractivity contribution in [2.24, 2.45) is 0 Å². The lowest BCUT2D eigenvalue weighted by Crippen LogP contribution is -2.13. The smallest absolute Gasteiger partial charge is 0.133 e. The van der Waals surface area contributed by atoms with Gasteiger partial charge in [-0.15, -0.1) is 0 Å². The van der Waals surface area contributed by atoms with E-state index in [-0.39, 0.29) is 12.1 Å². The fraction of sp³-hybridized carbons (Fsp3) is 0.250. The van der Waals surface area contributed by atoms with Crippen LogP contribution >= 0.6 is 15.9 Å². The number of benzene rings is 1. The first-order chi connectivity index (χ1) is 13.4. The van der Waals surface area contributed by atoms with Crippen molar-refractivity contribution in [1.82, 2.24) is 5.32 Å². The highest BCUT2D eigenvalue weighted by molar-refractivity contribution is 9.11. The van der Waals surface area contributed by atoms with Crippen LogP contribution in [0.15, 0.2) is 46.7 Å². The molecule has 0 aliphatic rings. The molecule has 0 aromatic heterocycles. The zero-order chi connectivity index (χ0) is 21.1. The predicted molar refractivity (Wildman–Crippen MR) is 115 cm³/mol. The molecule has 4 N–H and O–H groups in total. The Morgan fingerprint density at radius 2 is 2.14 bits per heavy atom. The number of anilines is 1. The number of hydrogen-bond acceptors (Lipinski definition) is 6. The standard InChI is InChI=1S/C20H23BrFN5O/c1-4-26-20(21)14(11-23)8-17(10-16(25)12-24)27-19-7-6-15(22)9-18(19)13(3)28-5-2/h6-7,9-11,23,25-27H,3-5,8H2,1-2H3/b17-10-,20-14-,23-11?,25-16?. The summed E-state index contributed by atoms with van der Waals surface area (Å²) in [5, 5.41) is 30.5. The molecule has 1 aromatic rings. The van der Waals surface area contributed by atoms with Gasteiger partial charge in [0.2, 0.25) is 0 Å². The van der Waals surface area contributed by atoms with Gasteiger partial charge in [-0.3, -0.25) is 5.41 Å². The normalized spacial score (nSPS) is 11.8. The molecule has 1 aromatic carbocycles. The van der Waals surface area contributed by atoms with Crippen LogP contribution in [0.25, 0.3) is 5.76 Å². The van der Waals surface area contributed by atoms with Gasteiger partial charge in [-0.05, 0) is 54.1 Å². The molecule has 8 heteroatoms. The maximum Gasteiger partial charge on any atom is 0.133 e.